The number of carbonyl (C=O) groups is 1. The van der Waals surface area contributed by atoms with E-state index in [0.717, 1.165) is 0 Å². The van der Waals surface area contributed by atoms with E-state index in [4.69, 9.17) is 20.3 Å². The van der Waals surface area contributed by atoms with Crippen LogP contribution in [0, 0.1) is 5.92 Å². The topological polar surface area (TPSA) is 81.8 Å². The lowest BCUT2D eigenvalue weighted by atomic mass is 9.95. The average molecular weight is 253 g/mol. The lowest BCUT2D eigenvalue weighted by Gasteiger charge is -2.20. The van der Waals surface area contributed by atoms with Crippen LogP contribution in [-0.4, -0.2) is 25.3 Å². The van der Waals surface area contributed by atoms with Gasteiger partial charge in [0.05, 0.1) is 25.7 Å². The molecular formula is C13H19NO4. The van der Waals surface area contributed by atoms with Crippen molar-refractivity contribution >= 4 is 5.97 Å². The Morgan fingerprint density at radius 3 is 2.22 bits per heavy atom. The molecule has 2 atom stereocenters. The van der Waals surface area contributed by atoms with Crippen molar-refractivity contribution in [3.63, 3.8) is 0 Å². The van der Waals surface area contributed by atoms with Gasteiger partial charge in [0.2, 0.25) is 0 Å². The lowest BCUT2D eigenvalue weighted by molar-refractivity contribution is -0.141. The van der Waals surface area contributed by atoms with Crippen molar-refractivity contribution in [1.82, 2.24) is 0 Å². The zero-order valence-corrected chi connectivity index (χ0v) is 10.8. The standard InChI is InChI=1S/C13H19NO4/c1-8(13(15)16)7-9(14)12-10(17-2)5-4-6-11(12)18-3/h4-6,8-9H,7,14H2,1-3H3,(H,15,16). The highest BCUT2D eigenvalue weighted by molar-refractivity contribution is 5.69. The molecule has 0 aliphatic heterocycles. The second kappa shape index (κ2) is 6.26. The summed E-state index contributed by atoms with van der Waals surface area (Å²) < 4.78 is 10.5. The number of rotatable bonds is 6. The highest BCUT2D eigenvalue weighted by atomic mass is 16.5. The quantitative estimate of drug-likeness (QED) is 0.808. The molecule has 1 aromatic rings. The molecule has 0 amide bonds. The Balaban J connectivity index is 3.02. The van der Waals surface area contributed by atoms with Crippen LogP contribution in [0.1, 0.15) is 24.9 Å². The first-order valence-corrected chi connectivity index (χ1v) is 5.70. The fourth-order valence-electron chi connectivity index (χ4n) is 1.84. The number of hydrogen-bond donors (Lipinski definition) is 2. The Hall–Kier alpha value is -1.75. The zero-order valence-electron chi connectivity index (χ0n) is 10.8. The first kappa shape index (κ1) is 14.3. The summed E-state index contributed by atoms with van der Waals surface area (Å²) in [4.78, 5) is 10.9. The fraction of sp³-hybridized carbons (Fsp3) is 0.462. The highest BCUT2D eigenvalue weighted by Crippen LogP contribution is 2.35. The molecule has 100 valence electrons. The molecule has 2 unspecified atom stereocenters. The molecule has 3 N–H and O–H groups in total. The largest absolute Gasteiger partial charge is 0.496 e. The summed E-state index contributed by atoms with van der Waals surface area (Å²) in [7, 11) is 3.09. The maximum absolute atomic E-state index is 10.9. The Morgan fingerprint density at radius 1 is 1.33 bits per heavy atom. The summed E-state index contributed by atoms with van der Waals surface area (Å²) >= 11 is 0. The predicted octanol–water partition coefficient (Wildman–Crippen LogP) is 1.81. The van der Waals surface area contributed by atoms with Crippen molar-refractivity contribution in [3.05, 3.63) is 23.8 Å². The fourth-order valence-corrected chi connectivity index (χ4v) is 1.84. The number of methoxy groups -OCH3 is 2. The number of nitrogens with two attached hydrogens (primary N) is 1. The first-order valence-electron chi connectivity index (χ1n) is 5.70. The van der Waals surface area contributed by atoms with Crippen LogP contribution in [0.5, 0.6) is 11.5 Å². The van der Waals surface area contributed by atoms with Crippen molar-refractivity contribution < 1.29 is 19.4 Å². The van der Waals surface area contributed by atoms with E-state index >= 15 is 0 Å². The third-order valence-electron chi connectivity index (χ3n) is 2.87. The van der Waals surface area contributed by atoms with E-state index in [9.17, 15) is 4.79 Å². The normalized spacial score (nSPS) is 13.8. The molecule has 0 aliphatic rings. The van der Waals surface area contributed by atoms with Gasteiger partial charge in [0, 0.05) is 6.04 Å². The minimum Gasteiger partial charge on any atom is -0.496 e. The Labute approximate surface area is 107 Å². The summed E-state index contributed by atoms with van der Waals surface area (Å²) in [5.74, 6) is -0.159. The van der Waals surface area contributed by atoms with Crippen LogP contribution in [0.2, 0.25) is 0 Å². The molecule has 0 radical (unpaired) electrons. The van der Waals surface area contributed by atoms with Crippen molar-refractivity contribution in [2.75, 3.05) is 14.2 Å². The van der Waals surface area contributed by atoms with E-state index in [1.165, 1.54) is 0 Å². The molecule has 5 nitrogen and oxygen atoms in total. The summed E-state index contributed by atoms with van der Waals surface area (Å²) in [5, 5.41) is 8.91. The smallest absolute Gasteiger partial charge is 0.306 e. The Morgan fingerprint density at radius 2 is 1.83 bits per heavy atom. The first-order chi connectivity index (χ1) is 8.51. The number of carboxylic acid groups (broad SMARTS) is 1. The van der Waals surface area contributed by atoms with Gasteiger partial charge in [-0.25, -0.2) is 0 Å². The molecule has 1 rings (SSSR count). The van der Waals surface area contributed by atoms with Crippen molar-refractivity contribution in [1.29, 1.82) is 0 Å². The van der Waals surface area contributed by atoms with Gasteiger partial charge in [0.15, 0.2) is 0 Å². The monoisotopic (exact) mass is 253 g/mol. The molecule has 0 spiro atoms. The van der Waals surface area contributed by atoms with Gasteiger partial charge < -0.3 is 20.3 Å². The highest BCUT2D eigenvalue weighted by Gasteiger charge is 2.22. The average Bonchev–Trinajstić information content (AvgIpc) is 2.37. The maximum atomic E-state index is 10.9. The van der Waals surface area contributed by atoms with E-state index < -0.39 is 17.9 Å². The Bertz CT molecular complexity index is 397. The van der Waals surface area contributed by atoms with Gasteiger partial charge in [-0.1, -0.05) is 13.0 Å². The molecule has 0 fully saturated rings. The molecular weight excluding hydrogens is 234 g/mol. The number of benzene rings is 1. The zero-order chi connectivity index (χ0) is 13.7. The minimum atomic E-state index is -0.862. The molecule has 0 saturated heterocycles. The van der Waals surface area contributed by atoms with E-state index in [-0.39, 0.29) is 0 Å². The number of carboxylic acids is 1. The van der Waals surface area contributed by atoms with Gasteiger partial charge in [0.25, 0.3) is 0 Å². The van der Waals surface area contributed by atoms with Gasteiger partial charge >= 0.3 is 5.97 Å². The molecule has 1 aromatic carbocycles. The van der Waals surface area contributed by atoms with Gasteiger partial charge in [-0.05, 0) is 18.6 Å². The van der Waals surface area contributed by atoms with Crippen LogP contribution in [0.3, 0.4) is 0 Å². The van der Waals surface area contributed by atoms with Crippen LogP contribution >= 0.6 is 0 Å². The van der Waals surface area contributed by atoms with Crippen LogP contribution < -0.4 is 15.2 Å². The van der Waals surface area contributed by atoms with Crippen LogP contribution in [0.25, 0.3) is 0 Å². The van der Waals surface area contributed by atoms with Gasteiger partial charge in [-0.15, -0.1) is 0 Å². The summed E-state index contributed by atoms with van der Waals surface area (Å²) in [6, 6.07) is 4.92. The third-order valence-corrected chi connectivity index (χ3v) is 2.87. The second-order valence-electron chi connectivity index (χ2n) is 4.16. The molecule has 5 heteroatoms. The second-order valence-corrected chi connectivity index (χ2v) is 4.16. The van der Waals surface area contributed by atoms with E-state index in [2.05, 4.69) is 0 Å². The molecule has 18 heavy (non-hydrogen) atoms. The molecule has 0 saturated carbocycles. The van der Waals surface area contributed by atoms with Gasteiger partial charge in [-0.3, -0.25) is 4.79 Å². The molecule has 0 heterocycles. The SMILES string of the molecule is COc1cccc(OC)c1C(N)CC(C)C(=O)O. The van der Waals surface area contributed by atoms with Crippen LogP contribution in [0.4, 0.5) is 0 Å². The summed E-state index contributed by atoms with van der Waals surface area (Å²) in [6.45, 7) is 1.63. The van der Waals surface area contributed by atoms with Crippen molar-refractivity contribution in [2.45, 2.75) is 19.4 Å². The van der Waals surface area contributed by atoms with Crippen LogP contribution in [-0.2, 0) is 4.79 Å². The predicted molar refractivity (Wildman–Crippen MR) is 67.9 cm³/mol. The van der Waals surface area contributed by atoms with Gasteiger partial charge in [0.1, 0.15) is 11.5 Å². The van der Waals surface area contributed by atoms with Crippen molar-refractivity contribution in [2.24, 2.45) is 11.7 Å². The van der Waals surface area contributed by atoms with E-state index in [1.807, 2.05) is 0 Å². The number of hydrogen-bond acceptors (Lipinski definition) is 4. The molecule has 0 aliphatic carbocycles. The third kappa shape index (κ3) is 3.13. The van der Waals surface area contributed by atoms with Crippen molar-refractivity contribution in [3.8, 4) is 11.5 Å². The van der Waals surface area contributed by atoms with E-state index in [1.54, 1.807) is 39.3 Å². The summed E-state index contributed by atoms with van der Waals surface area (Å²) in [6.07, 6.45) is 0.325. The van der Waals surface area contributed by atoms with Crippen LogP contribution in [0.15, 0.2) is 18.2 Å². The van der Waals surface area contributed by atoms with E-state index in [0.29, 0.717) is 23.5 Å². The maximum Gasteiger partial charge on any atom is 0.306 e. The molecule has 0 bridgehead atoms. The number of ether oxygens (including phenoxy) is 2. The summed E-state index contributed by atoms with van der Waals surface area (Å²) in [5.41, 5.74) is 6.77. The Kier molecular flexibility index (Phi) is 4.97. The lowest BCUT2D eigenvalue weighted by Crippen LogP contribution is -2.20. The number of aliphatic carboxylic acids is 1. The minimum absolute atomic E-state index is 0.325. The molecule has 0 aromatic heterocycles. The van der Waals surface area contributed by atoms with Gasteiger partial charge in [-0.2, -0.15) is 0 Å².